The molecule has 0 spiro atoms. The van der Waals surface area contributed by atoms with E-state index >= 15 is 0 Å². The maximum Gasteiger partial charge on any atom is 0.254 e. The van der Waals surface area contributed by atoms with E-state index in [1.165, 1.54) is 0 Å². The van der Waals surface area contributed by atoms with Crippen LogP contribution in [-0.2, 0) is 0 Å². The highest BCUT2D eigenvalue weighted by Crippen LogP contribution is 2.10. The first-order chi connectivity index (χ1) is 7.52. The van der Waals surface area contributed by atoms with Crippen molar-refractivity contribution in [2.75, 3.05) is 20.6 Å². The molecule has 4 nitrogen and oxygen atoms in total. The second kappa shape index (κ2) is 5.82. The molecule has 1 amide bonds. The van der Waals surface area contributed by atoms with Crippen molar-refractivity contribution < 1.29 is 4.79 Å². The molecular formula is C11H16ClN3O. The Kier molecular flexibility index (Phi) is 4.71. The standard InChI is InChI=1S/C11H16ClN3O/c1-8(15(2)3)7-14-11(16)9-5-4-6-13-10(9)12/h4-6,8H,7H2,1-3H3,(H,14,16). The van der Waals surface area contributed by atoms with E-state index in [1.54, 1.807) is 18.3 Å². The normalized spacial score (nSPS) is 12.6. The summed E-state index contributed by atoms with van der Waals surface area (Å²) in [6.07, 6.45) is 1.56. The van der Waals surface area contributed by atoms with E-state index in [0.717, 1.165) is 0 Å². The second-order valence-electron chi connectivity index (χ2n) is 3.86. The lowest BCUT2D eigenvalue weighted by Gasteiger charge is -2.19. The Hall–Kier alpha value is -1.13. The minimum absolute atomic E-state index is 0.188. The highest BCUT2D eigenvalue weighted by molar-refractivity contribution is 6.32. The molecule has 1 atom stereocenters. The predicted octanol–water partition coefficient (Wildman–Crippen LogP) is 1.41. The quantitative estimate of drug-likeness (QED) is 0.811. The summed E-state index contributed by atoms with van der Waals surface area (Å²) in [6, 6.07) is 3.63. The lowest BCUT2D eigenvalue weighted by molar-refractivity contribution is 0.0943. The first kappa shape index (κ1) is 12.9. The van der Waals surface area contributed by atoms with Crippen LogP contribution in [0.1, 0.15) is 17.3 Å². The summed E-state index contributed by atoms with van der Waals surface area (Å²) in [4.78, 5) is 17.6. The molecule has 1 rings (SSSR count). The molecular weight excluding hydrogens is 226 g/mol. The van der Waals surface area contributed by atoms with E-state index in [9.17, 15) is 4.79 Å². The van der Waals surface area contributed by atoms with Crippen LogP contribution >= 0.6 is 11.6 Å². The molecule has 0 radical (unpaired) electrons. The molecule has 1 aromatic rings. The monoisotopic (exact) mass is 241 g/mol. The van der Waals surface area contributed by atoms with Gasteiger partial charge in [0.25, 0.3) is 5.91 Å². The topological polar surface area (TPSA) is 45.2 Å². The van der Waals surface area contributed by atoms with Gasteiger partial charge in [-0.15, -0.1) is 0 Å². The maximum absolute atomic E-state index is 11.7. The van der Waals surface area contributed by atoms with Crippen LogP contribution in [0.2, 0.25) is 5.15 Å². The summed E-state index contributed by atoms with van der Waals surface area (Å²) in [6.45, 7) is 2.61. The molecule has 1 aromatic heterocycles. The average Bonchev–Trinajstić information content (AvgIpc) is 2.25. The van der Waals surface area contributed by atoms with Gasteiger partial charge < -0.3 is 10.2 Å². The molecule has 0 aliphatic heterocycles. The summed E-state index contributed by atoms with van der Waals surface area (Å²) >= 11 is 5.81. The highest BCUT2D eigenvalue weighted by atomic mass is 35.5. The first-order valence-corrected chi connectivity index (χ1v) is 5.45. The molecule has 0 saturated heterocycles. The zero-order chi connectivity index (χ0) is 12.1. The highest BCUT2D eigenvalue weighted by Gasteiger charge is 2.12. The Morgan fingerprint density at radius 2 is 2.31 bits per heavy atom. The van der Waals surface area contributed by atoms with E-state index in [2.05, 4.69) is 10.3 Å². The van der Waals surface area contributed by atoms with Crippen molar-refractivity contribution in [1.29, 1.82) is 0 Å². The summed E-state index contributed by atoms with van der Waals surface area (Å²) in [5, 5.41) is 3.05. The molecule has 0 saturated carbocycles. The van der Waals surface area contributed by atoms with Gasteiger partial charge in [0.2, 0.25) is 0 Å². The SMILES string of the molecule is CC(CNC(=O)c1cccnc1Cl)N(C)C. The van der Waals surface area contributed by atoms with Crippen LogP contribution in [0, 0.1) is 0 Å². The molecule has 16 heavy (non-hydrogen) atoms. The van der Waals surface area contributed by atoms with Crippen LogP contribution in [-0.4, -0.2) is 42.5 Å². The summed E-state index contributed by atoms with van der Waals surface area (Å²) in [5.41, 5.74) is 0.412. The molecule has 0 aliphatic rings. The van der Waals surface area contributed by atoms with Gasteiger partial charge in [0.05, 0.1) is 5.56 Å². The maximum atomic E-state index is 11.7. The van der Waals surface area contributed by atoms with Crippen LogP contribution < -0.4 is 5.32 Å². The number of halogens is 1. The van der Waals surface area contributed by atoms with Gasteiger partial charge >= 0.3 is 0 Å². The first-order valence-electron chi connectivity index (χ1n) is 5.07. The van der Waals surface area contributed by atoms with E-state index in [1.807, 2.05) is 25.9 Å². The van der Waals surface area contributed by atoms with Gasteiger partial charge in [-0.1, -0.05) is 11.6 Å². The lowest BCUT2D eigenvalue weighted by Crippen LogP contribution is -2.38. The van der Waals surface area contributed by atoms with Crippen LogP contribution in [0.3, 0.4) is 0 Å². The summed E-state index contributed by atoms with van der Waals surface area (Å²) in [5.74, 6) is -0.188. The number of nitrogens with one attached hydrogen (secondary N) is 1. The molecule has 88 valence electrons. The fourth-order valence-corrected chi connectivity index (χ4v) is 1.28. The Morgan fingerprint density at radius 1 is 1.62 bits per heavy atom. The molecule has 5 heteroatoms. The molecule has 0 aromatic carbocycles. The van der Waals surface area contributed by atoms with Crippen LogP contribution in [0.4, 0.5) is 0 Å². The fraction of sp³-hybridized carbons (Fsp3) is 0.455. The lowest BCUT2D eigenvalue weighted by atomic mass is 10.2. The van der Waals surface area contributed by atoms with Crippen molar-refractivity contribution in [1.82, 2.24) is 15.2 Å². The van der Waals surface area contributed by atoms with Gasteiger partial charge in [0.1, 0.15) is 5.15 Å². The Labute approximate surface area is 101 Å². The van der Waals surface area contributed by atoms with Crippen LogP contribution in [0.25, 0.3) is 0 Å². The largest absolute Gasteiger partial charge is 0.350 e. The van der Waals surface area contributed by atoms with E-state index in [-0.39, 0.29) is 17.1 Å². The number of carbonyl (C=O) groups excluding carboxylic acids is 1. The van der Waals surface area contributed by atoms with Gasteiger partial charge in [-0.3, -0.25) is 4.79 Å². The average molecular weight is 242 g/mol. The van der Waals surface area contributed by atoms with E-state index in [4.69, 9.17) is 11.6 Å². The molecule has 0 aliphatic carbocycles. The van der Waals surface area contributed by atoms with Crippen molar-refractivity contribution in [2.45, 2.75) is 13.0 Å². The van der Waals surface area contributed by atoms with Gasteiger partial charge in [0, 0.05) is 18.8 Å². The van der Waals surface area contributed by atoms with Gasteiger partial charge in [-0.25, -0.2) is 4.98 Å². The van der Waals surface area contributed by atoms with Gasteiger partial charge in [-0.2, -0.15) is 0 Å². The third kappa shape index (κ3) is 3.47. The Morgan fingerprint density at radius 3 is 2.88 bits per heavy atom. The smallest absolute Gasteiger partial charge is 0.254 e. The minimum atomic E-state index is -0.188. The van der Waals surface area contributed by atoms with Crippen molar-refractivity contribution in [3.63, 3.8) is 0 Å². The Bertz CT molecular complexity index is 368. The molecule has 0 fully saturated rings. The number of hydrogen-bond acceptors (Lipinski definition) is 3. The van der Waals surface area contributed by atoms with Crippen molar-refractivity contribution in [3.05, 3.63) is 29.0 Å². The summed E-state index contributed by atoms with van der Waals surface area (Å²) in [7, 11) is 3.93. The van der Waals surface area contributed by atoms with Gasteiger partial charge in [-0.05, 0) is 33.2 Å². The molecule has 1 N–H and O–H groups in total. The predicted molar refractivity (Wildman–Crippen MR) is 64.7 cm³/mol. The number of carbonyl (C=O) groups is 1. The molecule has 0 bridgehead atoms. The zero-order valence-corrected chi connectivity index (χ0v) is 10.5. The number of rotatable bonds is 4. The Balaban J connectivity index is 2.57. The third-order valence-electron chi connectivity index (χ3n) is 2.44. The second-order valence-corrected chi connectivity index (χ2v) is 4.22. The number of nitrogens with zero attached hydrogens (tertiary/aromatic N) is 2. The van der Waals surface area contributed by atoms with Crippen molar-refractivity contribution in [2.24, 2.45) is 0 Å². The van der Waals surface area contributed by atoms with Gasteiger partial charge in [0.15, 0.2) is 0 Å². The molecule has 1 heterocycles. The van der Waals surface area contributed by atoms with E-state index in [0.29, 0.717) is 12.1 Å². The molecule has 1 unspecified atom stereocenters. The van der Waals surface area contributed by atoms with Crippen LogP contribution in [0.5, 0.6) is 0 Å². The number of likely N-dealkylation sites (N-methyl/N-ethyl adjacent to an activating group) is 1. The third-order valence-corrected chi connectivity index (χ3v) is 2.74. The van der Waals surface area contributed by atoms with Crippen molar-refractivity contribution in [3.8, 4) is 0 Å². The fourth-order valence-electron chi connectivity index (χ4n) is 1.07. The zero-order valence-electron chi connectivity index (χ0n) is 9.70. The van der Waals surface area contributed by atoms with Crippen molar-refractivity contribution >= 4 is 17.5 Å². The van der Waals surface area contributed by atoms with E-state index < -0.39 is 0 Å². The number of amides is 1. The number of hydrogen-bond donors (Lipinski definition) is 1. The van der Waals surface area contributed by atoms with Crippen LogP contribution in [0.15, 0.2) is 18.3 Å². The minimum Gasteiger partial charge on any atom is -0.350 e. The number of pyridine rings is 1. The summed E-state index contributed by atoms with van der Waals surface area (Å²) < 4.78 is 0. The number of aromatic nitrogens is 1.